The number of halogens is 1. The Bertz CT molecular complexity index is 1030. The summed E-state index contributed by atoms with van der Waals surface area (Å²) >= 11 is 6.04. The van der Waals surface area contributed by atoms with Gasteiger partial charge in [0, 0.05) is 18.7 Å². The summed E-state index contributed by atoms with van der Waals surface area (Å²) in [5.41, 5.74) is 2.05. The number of carbonyl (C=O) groups is 1. The maximum absolute atomic E-state index is 12.5. The summed E-state index contributed by atoms with van der Waals surface area (Å²) in [6, 6.07) is 10.5. The molecule has 3 rings (SSSR count). The summed E-state index contributed by atoms with van der Waals surface area (Å²) in [6.45, 7) is 2.15. The van der Waals surface area contributed by atoms with E-state index in [1.165, 1.54) is 18.0 Å². The lowest BCUT2D eigenvalue weighted by atomic mass is 10.1. The molecule has 0 spiro atoms. The normalized spacial score (nSPS) is 10.7. The number of carbonyl (C=O) groups excluding carboxylic acids is 1. The fourth-order valence-corrected chi connectivity index (χ4v) is 2.94. The van der Waals surface area contributed by atoms with Crippen LogP contribution in [0.3, 0.4) is 0 Å². The van der Waals surface area contributed by atoms with E-state index in [1.54, 1.807) is 24.3 Å². The summed E-state index contributed by atoms with van der Waals surface area (Å²) in [5.74, 6) is 0.316. The molecule has 0 unspecified atom stereocenters. The third kappa shape index (κ3) is 3.70. The van der Waals surface area contributed by atoms with Gasteiger partial charge in [-0.1, -0.05) is 23.7 Å². The highest BCUT2D eigenvalue weighted by Gasteiger charge is 2.09. The van der Waals surface area contributed by atoms with Crippen molar-refractivity contribution in [2.24, 2.45) is 0 Å². The Morgan fingerprint density at radius 2 is 2.12 bits per heavy atom. The second-order valence-electron chi connectivity index (χ2n) is 5.86. The van der Waals surface area contributed by atoms with Crippen molar-refractivity contribution in [2.75, 3.05) is 12.4 Å². The van der Waals surface area contributed by atoms with Gasteiger partial charge in [-0.3, -0.25) is 14.2 Å². The van der Waals surface area contributed by atoms with Crippen molar-refractivity contribution in [1.82, 2.24) is 9.55 Å². The van der Waals surface area contributed by atoms with Crippen LogP contribution >= 0.6 is 11.6 Å². The van der Waals surface area contributed by atoms with Crippen LogP contribution in [-0.2, 0) is 11.3 Å². The van der Waals surface area contributed by atoms with Crippen LogP contribution in [0, 0.1) is 6.92 Å². The number of methoxy groups -OCH3 is 1. The minimum Gasteiger partial charge on any atom is -0.495 e. The van der Waals surface area contributed by atoms with E-state index in [9.17, 15) is 9.59 Å². The number of aromatic nitrogens is 2. The molecule has 1 heterocycles. The van der Waals surface area contributed by atoms with Crippen LogP contribution in [0.1, 0.15) is 12.0 Å². The lowest BCUT2D eigenvalue weighted by Crippen LogP contribution is -2.23. The first kappa shape index (κ1) is 17.9. The second kappa shape index (κ2) is 7.58. The first-order valence-corrected chi connectivity index (χ1v) is 8.45. The molecule has 1 amide bonds. The van der Waals surface area contributed by atoms with E-state index in [4.69, 9.17) is 16.3 Å². The van der Waals surface area contributed by atoms with Crippen LogP contribution in [0.5, 0.6) is 5.75 Å². The SMILES string of the molecule is COc1ccc(NC(=O)CCn2cnc3c(C)cccc3c2=O)cc1Cl. The molecule has 0 aliphatic carbocycles. The number of hydrogen-bond donors (Lipinski definition) is 1. The maximum Gasteiger partial charge on any atom is 0.261 e. The van der Waals surface area contributed by atoms with Gasteiger partial charge in [0.15, 0.2) is 0 Å². The molecule has 1 aromatic heterocycles. The standard InChI is InChI=1S/C19H18ClN3O3/c1-12-4-3-5-14-18(12)21-11-23(19(14)25)9-8-17(24)22-13-6-7-16(26-2)15(20)10-13/h3-7,10-11H,8-9H2,1-2H3,(H,22,24). The van der Waals surface area contributed by atoms with Crippen LogP contribution in [0.25, 0.3) is 10.9 Å². The molecule has 134 valence electrons. The van der Waals surface area contributed by atoms with Gasteiger partial charge in [-0.05, 0) is 36.8 Å². The molecule has 0 saturated carbocycles. The first-order valence-electron chi connectivity index (χ1n) is 8.08. The summed E-state index contributed by atoms with van der Waals surface area (Å²) in [4.78, 5) is 29.0. The zero-order valence-corrected chi connectivity index (χ0v) is 15.2. The van der Waals surface area contributed by atoms with Crippen molar-refractivity contribution in [1.29, 1.82) is 0 Å². The maximum atomic E-state index is 12.5. The Labute approximate surface area is 155 Å². The number of nitrogens with one attached hydrogen (secondary N) is 1. The number of hydrogen-bond acceptors (Lipinski definition) is 4. The molecule has 0 aliphatic heterocycles. The predicted molar refractivity (Wildman–Crippen MR) is 102 cm³/mol. The minimum absolute atomic E-state index is 0.141. The van der Waals surface area contributed by atoms with E-state index < -0.39 is 0 Å². The van der Waals surface area contributed by atoms with Crippen LogP contribution < -0.4 is 15.6 Å². The highest BCUT2D eigenvalue weighted by atomic mass is 35.5. The number of benzene rings is 2. The fraction of sp³-hybridized carbons (Fsp3) is 0.211. The van der Waals surface area contributed by atoms with E-state index in [1.807, 2.05) is 19.1 Å². The number of anilines is 1. The Balaban J connectivity index is 1.70. The highest BCUT2D eigenvalue weighted by molar-refractivity contribution is 6.32. The van der Waals surface area contributed by atoms with E-state index in [0.717, 1.165) is 5.56 Å². The summed E-state index contributed by atoms with van der Waals surface area (Å²) < 4.78 is 6.52. The van der Waals surface area contributed by atoms with Gasteiger partial charge >= 0.3 is 0 Å². The van der Waals surface area contributed by atoms with Gasteiger partial charge in [-0.15, -0.1) is 0 Å². The number of aryl methyl sites for hydroxylation is 2. The Hall–Kier alpha value is -2.86. The molecule has 1 N–H and O–H groups in total. The van der Waals surface area contributed by atoms with Crippen molar-refractivity contribution in [3.63, 3.8) is 0 Å². The van der Waals surface area contributed by atoms with Crippen molar-refractivity contribution in [3.8, 4) is 5.75 Å². The lowest BCUT2D eigenvalue weighted by Gasteiger charge is -2.09. The van der Waals surface area contributed by atoms with Crippen LogP contribution in [0.15, 0.2) is 47.5 Å². The van der Waals surface area contributed by atoms with Gasteiger partial charge in [0.1, 0.15) is 5.75 Å². The van der Waals surface area contributed by atoms with Gasteiger partial charge in [-0.2, -0.15) is 0 Å². The molecule has 2 aromatic carbocycles. The average molecular weight is 372 g/mol. The van der Waals surface area contributed by atoms with Gasteiger partial charge in [-0.25, -0.2) is 4.98 Å². The monoisotopic (exact) mass is 371 g/mol. The van der Waals surface area contributed by atoms with E-state index in [2.05, 4.69) is 10.3 Å². The average Bonchev–Trinajstić information content (AvgIpc) is 2.62. The van der Waals surface area contributed by atoms with Crippen LogP contribution in [0.2, 0.25) is 5.02 Å². The number of para-hydroxylation sites is 1. The number of amides is 1. The number of rotatable bonds is 5. The number of fused-ring (bicyclic) bond motifs is 1. The van der Waals surface area contributed by atoms with Gasteiger partial charge in [0.2, 0.25) is 5.91 Å². The Morgan fingerprint density at radius 3 is 2.85 bits per heavy atom. The topological polar surface area (TPSA) is 73.2 Å². The third-order valence-corrected chi connectivity index (χ3v) is 4.37. The lowest BCUT2D eigenvalue weighted by molar-refractivity contribution is -0.116. The molecular formula is C19H18ClN3O3. The summed E-state index contributed by atoms with van der Waals surface area (Å²) in [6.07, 6.45) is 1.62. The summed E-state index contributed by atoms with van der Waals surface area (Å²) in [7, 11) is 1.52. The molecule has 3 aromatic rings. The van der Waals surface area contributed by atoms with E-state index in [-0.39, 0.29) is 24.4 Å². The molecule has 26 heavy (non-hydrogen) atoms. The molecule has 0 bridgehead atoms. The smallest absolute Gasteiger partial charge is 0.261 e. The third-order valence-electron chi connectivity index (χ3n) is 4.07. The van der Waals surface area contributed by atoms with Crippen molar-refractivity contribution >= 4 is 34.1 Å². The molecule has 0 aliphatic rings. The molecule has 0 radical (unpaired) electrons. The Kier molecular flexibility index (Phi) is 5.23. The van der Waals surface area contributed by atoms with Crippen LogP contribution in [0.4, 0.5) is 5.69 Å². The van der Waals surface area contributed by atoms with E-state index >= 15 is 0 Å². The largest absolute Gasteiger partial charge is 0.495 e. The van der Waals surface area contributed by atoms with Gasteiger partial charge < -0.3 is 10.1 Å². The fourth-order valence-electron chi connectivity index (χ4n) is 2.69. The molecule has 0 atom stereocenters. The van der Waals surface area contributed by atoms with Crippen LogP contribution in [-0.4, -0.2) is 22.6 Å². The zero-order chi connectivity index (χ0) is 18.7. The van der Waals surface area contributed by atoms with Gasteiger partial charge in [0.05, 0.1) is 29.4 Å². The molecular weight excluding hydrogens is 354 g/mol. The highest BCUT2D eigenvalue weighted by Crippen LogP contribution is 2.27. The minimum atomic E-state index is -0.220. The molecule has 7 heteroatoms. The second-order valence-corrected chi connectivity index (χ2v) is 6.27. The van der Waals surface area contributed by atoms with Crippen molar-refractivity contribution in [3.05, 3.63) is 63.7 Å². The van der Waals surface area contributed by atoms with Crippen molar-refractivity contribution in [2.45, 2.75) is 19.9 Å². The Morgan fingerprint density at radius 1 is 1.31 bits per heavy atom. The number of nitrogens with zero attached hydrogens (tertiary/aromatic N) is 2. The summed E-state index contributed by atoms with van der Waals surface area (Å²) in [5, 5.41) is 3.72. The molecule has 0 fully saturated rings. The molecule has 0 saturated heterocycles. The predicted octanol–water partition coefficient (Wildman–Crippen LogP) is 3.40. The molecule has 6 nitrogen and oxygen atoms in total. The van der Waals surface area contributed by atoms with Crippen molar-refractivity contribution < 1.29 is 9.53 Å². The first-order chi connectivity index (χ1) is 12.5. The quantitative estimate of drug-likeness (QED) is 0.746. The van der Waals surface area contributed by atoms with Gasteiger partial charge in [0.25, 0.3) is 5.56 Å². The number of ether oxygens (including phenoxy) is 1. The van der Waals surface area contributed by atoms with E-state index in [0.29, 0.717) is 27.4 Å². The zero-order valence-electron chi connectivity index (χ0n) is 14.5.